The number of halogens is 3. The summed E-state index contributed by atoms with van der Waals surface area (Å²) in [5.74, 6) is -0.307. The molecule has 0 aliphatic heterocycles. The lowest BCUT2D eigenvalue weighted by molar-refractivity contribution is -0.141. The van der Waals surface area contributed by atoms with Gasteiger partial charge in [0, 0.05) is 22.8 Å². The topological polar surface area (TPSA) is 85.3 Å². The molecule has 0 aliphatic rings. The Morgan fingerprint density at radius 2 is 1.97 bits per heavy atom. The number of nitrogens with two attached hydrogens (primary N) is 1. The summed E-state index contributed by atoms with van der Waals surface area (Å²) < 4.78 is 39.8. The van der Waals surface area contributed by atoms with Gasteiger partial charge in [-0.1, -0.05) is 24.3 Å². The van der Waals surface area contributed by atoms with Crippen molar-refractivity contribution >= 4 is 33.6 Å². The molecule has 4 aromatic rings. The van der Waals surface area contributed by atoms with E-state index in [4.69, 9.17) is 5.73 Å². The first-order valence-electron chi connectivity index (χ1n) is 8.44. The number of rotatable bonds is 4. The summed E-state index contributed by atoms with van der Waals surface area (Å²) in [7, 11) is 0. The fourth-order valence-electron chi connectivity index (χ4n) is 2.86. The Morgan fingerprint density at radius 1 is 1.17 bits per heavy atom. The van der Waals surface area contributed by atoms with Gasteiger partial charge in [0.15, 0.2) is 5.82 Å². The predicted molar refractivity (Wildman–Crippen MR) is 104 cm³/mol. The Kier molecular flexibility index (Phi) is 4.71. The lowest BCUT2D eigenvalue weighted by Gasteiger charge is -2.06. The average molecular weight is 417 g/mol. The molecule has 1 amide bonds. The van der Waals surface area contributed by atoms with Gasteiger partial charge in [-0.05, 0) is 17.7 Å². The number of fused-ring (bicyclic) bond motifs is 1. The molecule has 0 saturated carbocycles. The minimum Gasteiger partial charge on any atom is -0.398 e. The molecular weight excluding hydrogens is 403 g/mol. The first-order chi connectivity index (χ1) is 13.8. The standard InChI is InChI=1S/C19H14F3N5OS/c20-19(21,22)15-9-29-18-17(25-10-27(15)18)26-16(28)7-11-5-6-14(24-8-11)12-3-1-2-4-13(12)23/h1-6,8-10H,7,23H2,(H,26,28). The van der Waals surface area contributed by atoms with Crippen molar-refractivity contribution in [1.29, 1.82) is 0 Å². The maximum Gasteiger partial charge on any atom is 0.432 e. The number of thiazole rings is 1. The number of carbonyl (C=O) groups is 1. The molecule has 6 nitrogen and oxygen atoms in total. The Hall–Kier alpha value is -3.40. The molecule has 4 rings (SSSR count). The molecule has 29 heavy (non-hydrogen) atoms. The molecule has 3 aromatic heterocycles. The van der Waals surface area contributed by atoms with Crippen LogP contribution in [-0.2, 0) is 17.4 Å². The molecule has 0 spiro atoms. The highest BCUT2D eigenvalue weighted by Gasteiger charge is 2.35. The van der Waals surface area contributed by atoms with Crippen molar-refractivity contribution in [3.63, 3.8) is 0 Å². The number of carbonyl (C=O) groups excluding carboxylic acids is 1. The minimum atomic E-state index is -4.49. The van der Waals surface area contributed by atoms with Crippen molar-refractivity contribution in [3.05, 3.63) is 65.6 Å². The van der Waals surface area contributed by atoms with Crippen LogP contribution in [0.2, 0.25) is 0 Å². The zero-order chi connectivity index (χ0) is 20.6. The Morgan fingerprint density at radius 3 is 2.66 bits per heavy atom. The fraction of sp³-hybridized carbons (Fsp3) is 0.105. The van der Waals surface area contributed by atoms with Crippen molar-refractivity contribution in [3.8, 4) is 11.3 Å². The summed E-state index contributed by atoms with van der Waals surface area (Å²) in [6, 6.07) is 10.8. The van der Waals surface area contributed by atoms with Gasteiger partial charge < -0.3 is 11.1 Å². The molecule has 10 heteroatoms. The number of nitrogens with one attached hydrogen (secondary N) is 1. The third kappa shape index (κ3) is 3.79. The molecule has 3 N–H and O–H groups in total. The first kappa shape index (κ1) is 18.9. The second-order valence-electron chi connectivity index (χ2n) is 6.25. The third-order valence-electron chi connectivity index (χ3n) is 4.24. The van der Waals surface area contributed by atoms with Gasteiger partial charge in [-0.15, -0.1) is 11.3 Å². The van der Waals surface area contributed by atoms with E-state index in [9.17, 15) is 18.0 Å². The van der Waals surface area contributed by atoms with E-state index < -0.39 is 17.8 Å². The van der Waals surface area contributed by atoms with Gasteiger partial charge in [-0.25, -0.2) is 4.98 Å². The quantitative estimate of drug-likeness (QED) is 0.487. The number of imidazole rings is 1. The number of alkyl halides is 3. The van der Waals surface area contributed by atoms with Crippen LogP contribution >= 0.6 is 11.3 Å². The smallest absolute Gasteiger partial charge is 0.398 e. The Bertz CT molecular complexity index is 1180. The van der Waals surface area contributed by atoms with Crippen LogP contribution in [-0.4, -0.2) is 20.3 Å². The van der Waals surface area contributed by atoms with Crippen LogP contribution in [0.15, 0.2) is 54.3 Å². The SMILES string of the molecule is Nc1ccccc1-c1ccc(CC(=O)Nc2ncn3c(C(F)(F)F)csc23)cn1. The molecule has 0 aliphatic carbocycles. The molecule has 0 unspecified atom stereocenters. The van der Waals surface area contributed by atoms with Gasteiger partial charge in [-0.3, -0.25) is 14.2 Å². The summed E-state index contributed by atoms with van der Waals surface area (Å²) in [5.41, 5.74) is 7.84. The van der Waals surface area contributed by atoms with E-state index in [1.807, 2.05) is 18.2 Å². The number of hydrogen-bond acceptors (Lipinski definition) is 5. The summed E-state index contributed by atoms with van der Waals surface area (Å²) >= 11 is 0.865. The van der Waals surface area contributed by atoms with Crippen molar-refractivity contribution in [2.45, 2.75) is 12.6 Å². The molecule has 0 atom stereocenters. The van der Waals surface area contributed by atoms with Crippen LogP contribution in [0.4, 0.5) is 24.7 Å². The number of pyridine rings is 1. The van der Waals surface area contributed by atoms with Gasteiger partial charge in [-0.2, -0.15) is 13.2 Å². The van der Waals surface area contributed by atoms with Gasteiger partial charge >= 0.3 is 6.18 Å². The van der Waals surface area contributed by atoms with Crippen LogP contribution < -0.4 is 11.1 Å². The maximum atomic E-state index is 12.9. The van der Waals surface area contributed by atoms with Crippen LogP contribution in [0.25, 0.3) is 16.1 Å². The molecular formula is C19H14F3N5OS. The van der Waals surface area contributed by atoms with E-state index >= 15 is 0 Å². The van der Waals surface area contributed by atoms with Crippen LogP contribution in [0.5, 0.6) is 0 Å². The molecule has 3 heterocycles. The van der Waals surface area contributed by atoms with Crippen molar-refractivity contribution in [1.82, 2.24) is 14.4 Å². The number of anilines is 2. The lowest BCUT2D eigenvalue weighted by Crippen LogP contribution is -2.15. The number of nitrogen functional groups attached to an aromatic ring is 1. The van der Waals surface area contributed by atoms with Crippen LogP contribution in [0.3, 0.4) is 0 Å². The predicted octanol–water partition coefficient (Wildman–Crippen LogP) is 4.24. The van der Waals surface area contributed by atoms with Gasteiger partial charge in [0.25, 0.3) is 0 Å². The van der Waals surface area contributed by atoms with Crippen LogP contribution in [0.1, 0.15) is 11.3 Å². The third-order valence-corrected chi connectivity index (χ3v) is 5.19. The number of amides is 1. The number of para-hydroxylation sites is 1. The van der Waals surface area contributed by atoms with Gasteiger partial charge in [0.05, 0.1) is 12.1 Å². The highest BCUT2D eigenvalue weighted by Crippen LogP contribution is 2.35. The van der Waals surface area contributed by atoms with Gasteiger partial charge in [0.1, 0.15) is 16.9 Å². The van der Waals surface area contributed by atoms with E-state index in [1.165, 1.54) is 0 Å². The fourth-order valence-corrected chi connectivity index (χ4v) is 3.80. The molecule has 0 radical (unpaired) electrons. The Labute approximate surface area is 166 Å². The van der Waals surface area contributed by atoms with Crippen molar-refractivity contribution in [2.24, 2.45) is 0 Å². The van der Waals surface area contributed by atoms with Gasteiger partial charge in [0.2, 0.25) is 5.91 Å². The van der Waals surface area contributed by atoms with E-state index in [1.54, 1.807) is 24.4 Å². The molecule has 1 aromatic carbocycles. The van der Waals surface area contributed by atoms with Crippen molar-refractivity contribution in [2.75, 3.05) is 11.1 Å². The summed E-state index contributed by atoms with van der Waals surface area (Å²) in [5, 5.41) is 3.55. The summed E-state index contributed by atoms with van der Waals surface area (Å²) in [6.07, 6.45) is -1.87. The monoisotopic (exact) mass is 417 g/mol. The summed E-state index contributed by atoms with van der Waals surface area (Å²) in [6.45, 7) is 0. The van der Waals surface area contributed by atoms with E-state index in [2.05, 4.69) is 15.3 Å². The zero-order valence-electron chi connectivity index (χ0n) is 14.8. The lowest BCUT2D eigenvalue weighted by atomic mass is 10.1. The first-order valence-corrected chi connectivity index (χ1v) is 9.32. The Balaban J connectivity index is 1.47. The number of nitrogens with zero attached hydrogens (tertiary/aromatic N) is 3. The highest BCUT2D eigenvalue weighted by atomic mass is 32.1. The summed E-state index contributed by atoms with van der Waals surface area (Å²) in [4.78, 5) is 20.8. The van der Waals surface area contributed by atoms with Crippen molar-refractivity contribution < 1.29 is 18.0 Å². The molecule has 0 saturated heterocycles. The highest BCUT2D eigenvalue weighted by molar-refractivity contribution is 7.16. The van der Waals surface area contributed by atoms with E-state index in [-0.39, 0.29) is 17.1 Å². The molecule has 0 fully saturated rings. The largest absolute Gasteiger partial charge is 0.432 e. The number of benzene rings is 1. The second kappa shape index (κ2) is 7.21. The van der Waals surface area contributed by atoms with Crippen LogP contribution in [0, 0.1) is 0 Å². The number of aromatic nitrogens is 3. The second-order valence-corrected chi connectivity index (χ2v) is 7.11. The molecule has 148 valence electrons. The van der Waals surface area contributed by atoms with E-state index in [0.717, 1.165) is 33.0 Å². The molecule has 0 bridgehead atoms. The average Bonchev–Trinajstić information content (AvgIpc) is 3.25. The van der Waals surface area contributed by atoms with E-state index in [0.29, 0.717) is 16.9 Å². The number of hydrogen-bond donors (Lipinski definition) is 2. The minimum absolute atomic E-state index is 0.00801. The zero-order valence-corrected chi connectivity index (χ0v) is 15.6. The normalized spacial score (nSPS) is 11.7. The maximum absolute atomic E-state index is 12.9.